The molecule has 0 atom stereocenters. The van der Waals surface area contributed by atoms with Crippen molar-refractivity contribution in [3.05, 3.63) is 35.6 Å². The molecule has 0 spiro atoms. The van der Waals surface area contributed by atoms with E-state index in [2.05, 4.69) is 5.32 Å². The summed E-state index contributed by atoms with van der Waals surface area (Å²) in [5, 5.41) is 12.6. The second-order valence-electron chi connectivity index (χ2n) is 5.65. The molecule has 2 N–H and O–H groups in total. The van der Waals surface area contributed by atoms with E-state index < -0.39 is 0 Å². The van der Waals surface area contributed by atoms with E-state index in [0.717, 1.165) is 25.4 Å². The minimum Gasteiger partial charge on any atom is -0.396 e. The van der Waals surface area contributed by atoms with Gasteiger partial charge in [0.05, 0.1) is 0 Å². The zero-order valence-electron chi connectivity index (χ0n) is 11.4. The predicted molar refractivity (Wildman–Crippen MR) is 75.5 cm³/mol. The Hall–Kier alpha value is -0.930. The van der Waals surface area contributed by atoms with Crippen LogP contribution in [0.5, 0.6) is 0 Å². The summed E-state index contributed by atoms with van der Waals surface area (Å²) in [4.78, 5) is 0. The minimum atomic E-state index is -0.169. The second-order valence-corrected chi connectivity index (χ2v) is 5.65. The average molecular weight is 265 g/mol. The number of aliphatic hydroxyl groups excluding tert-OH is 1. The normalized spacial score (nSPS) is 23.5. The Morgan fingerprint density at radius 3 is 2.32 bits per heavy atom. The molecule has 106 valence electrons. The first-order chi connectivity index (χ1) is 9.28. The first-order valence-electron chi connectivity index (χ1n) is 7.34. The molecule has 0 aliphatic heterocycles. The molecule has 1 aromatic rings. The molecule has 1 saturated carbocycles. The molecule has 0 unspecified atom stereocenters. The van der Waals surface area contributed by atoms with Crippen LogP contribution in [-0.4, -0.2) is 24.8 Å². The Morgan fingerprint density at radius 2 is 1.68 bits per heavy atom. The highest BCUT2D eigenvalue weighted by Gasteiger charge is 2.19. The predicted octanol–water partition coefficient (Wildman–Crippen LogP) is 2.76. The van der Waals surface area contributed by atoms with Gasteiger partial charge in [-0.2, -0.15) is 0 Å². The van der Waals surface area contributed by atoms with Gasteiger partial charge in [-0.25, -0.2) is 4.39 Å². The van der Waals surface area contributed by atoms with Gasteiger partial charge in [-0.3, -0.25) is 0 Å². The number of hydrogen-bond donors (Lipinski definition) is 2. The molecule has 1 aromatic carbocycles. The molecule has 1 aliphatic carbocycles. The summed E-state index contributed by atoms with van der Waals surface area (Å²) in [6, 6.07) is 6.74. The van der Waals surface area contributed by atoms with Crippen molar-refractivity contribution in [1.82, 2.24) is 5.32 Å². The fraction of sp³-hybridized carbons (Fsp3) is 0.625. The zero-order valence-corrected chi connectivity index (χ0v) is 11.4. The molecule has 0 amide bonds. The van der Waals surface area contributed by atoms with Crippen LogP contribution < -0.4 is 5.32 Å². The largest absolute Gasteiger partial charge is 0.396 e. The molecule has 19 heavy (non-hydrogen) atoms. The van der Waals surface area contributed by atoms with E-state index in [-0.39, 0.29) is 5.82 Å². The van der Waals surface area contributed by atoms with E-state index in [0.29, 0.717) is 12.5 Å². The SMILES string of the molecule is OCC1CCC(CNCCc2ccc(F)cc2)CC1. The molecule has 0 bridgehead atoms. The van der Waals surface area contributed by atoms with Crippen LogP contribution >= 0.6 is 0 Å². The van der Waals surface area contributed by atoms with Gasteiger partial charge in [0.1, 0.15) is 5.82 Å². The van der Waals surface area contributed by atoms with Crippen LogP contribution in [0.4, 0.5) is 4.39 Å². The van der Waals surface area contributed by atoms with Crippen molar-refractivity contribution in [2.75, 3.05) is 19.7 Å². The molecule has 2 nitrogen and oxygen atoms in total. The number of halogens is 1. The van der Waals surface area contributed by atoms with Crippen LogP contribution in [0.1, 0.15) is 31.2 Å². The average Bonchev–Trinajstić information content (AvgIpc) is 2.46. The van der Waals surface area contributed by atoms with E-state index in [9.17, 15) is 4.39 Å². The number of benzene rings is 1. The molecule has 0 aromatic heterocycles. The van der Waals surface area contributed by atoms with Crippen LogP contribution in [0.2, 0.25) is 0 Å². The van der Waals surface area contributed by atoms with E-state index in [4.69, 9.17) is 5.11 Å². The maximum Gasteiger partial charge on any atom is 0.123 e. The minimum absolute atomic E-state index is 0.169. The van der Waals surface area contributed by atoms with Crippen LogP contribution in [0.25, 0.3) is 0 Å². The highest BCUT2D eigenvalue weighted by molar-refractivity contribution is 5.16. The van der Waals surface area contributed by atoms with Crippen LogP contribution in [0, 0.1) is 17.7 Å². The molecule has 0 saturated heterocycles. The highest BCUT2D eigenvalue weighted by atomic mass is 19.1. The zero-order chi connectivity index (χ0) is 13.5. The first-order valence-corrected chi connectivity index (χ1v) is 7.34. The highest BCUT2D eigenvalue weighted by Crippen LogP contribution is 2.27. The Kier molecular flexibility index (Phi) is 5.80. The molecule has 3 heteroatoms. The lowest BCUT2D eigenvalue weighted by atomic mass is 9.82. The fourth-order valence-electron chi connectivity index (χ4n) is 2.81. The van der Waals surface area contributed by atoms with E-state index in [1.54, 1.807) is 0 Å². The van der Waals surface area contributed by atoms with Gasteiger partial charge in [0.2, 0.25) is 0 Å². The lowest BCUT2D eigenvalue weighted by molar-refractivity contribution is 0.166. The smallest absolute Gasteiger partial charge is 0.123 e. The van der Waals surface area contributed by atoms with Gasteiger partial charge in [-0.05, 0) is 74.7 Å². The number of aliphatic hydroxyl groups is 1. The summed E-state index contributed by atoms with van der Waals surface area (Å²) >= 11 is 0. The molecule has 2 rings (SSSR count). The number of rotatable bonds is 6. The molecule has 1 aliphatic rings. The van der Waals surface area contributed by atoms with E-state index >= 15 is 0 Å². The lowest BCUT2D eigenvalue weighted by Crippen LogP contribution is -2.28. The summed E-state index contributed by atoms with van der Waals surface area (Å²) < 4.78 is 12.7. The summed E-state index contributed by atoms with van der Waals surface area (Å²) in [6.45, 7) is 2.37. The molecular formula is C16H24FNO. The number of hydrogen-bond acceptors (Lipinski definition) is 2. The molecule has 1 fully saturated rings. The van der Waals surface area contributed by atoms with E-state index in [1.165, 1.54) is 43.4 Å². The number of nitrogens with one attached hydrogen (secondary N) is 1. The third-order valence-corrected chi connectivity index (χ3v) is 4.16. The van der Waals surface area contributed by atoms with Gasteiger partial charge in [0.15, 0.2) is 0 Å². The van der Waals surface area contributed by atoms with Crippen molar-refractivity contribution < 1.29 is 9.50 Å². The van der Waals surface area contributed by atoms with Crippen LogP contribution in [-0.2, 0) is 6.42 Å². The lowest BCUT2D eigenvalue weighted by Gasteiger charge is -2.27. The summed E-state index contributed by atoms with van der Waals surface area (Å²) in [5.41, 5.74) is 1.18. The molecule has 0 radical (unpaired) electrons. The second kappa shape index (κ2) is 7.61. The third kappa shape index (κ3) is 4.92. The first kappa shape index (κ1) is 14.5. The molecular weight excluding hydrogens is 241 g/mol. The Labute approximate surface area is 115 Å². The summed E-state index contributed by atoms with van der Waals surface area (Å²) in [6.07, 6.45) is 5.75. The standard InChI is InChI=1S/C16H24FNO/c17-16-7-5-13(6-8-16)9-10-18-11-14-1-3-15(12-19)4-2-14/h5-8,14-15,18-19H,1-4,9-12H2. The van der Waals surface area contributed by atoms with Crippen LogP contribution in [0.3, 0.4) is 0 Å². The topological polar surface area (TPSA) is 32.3 Å². The quantitative estimate of drug-likeness (QED) is 0.775. The van der Waals surface area contributed by atoms with Gasteiger partial charge in [0, 0.05) is 6.61 Å². The maximum atomic E-state index is 12.7. The van der Waals surface area contributed by atoms with Crippen molar-refractivity contribution in [1.29, 1.82) is 0 Å². The van der Waals surface area contributed by atoms with Gasteiger partial charge in [-0.1, -0.05) is 12.1 Å². The Balaban J connectivity index is 1.58. The summed E-state index contributed by atoms with van der Waals surface area (Å²) in [7, 11) is 0. The van der Waals surface area contributed by atoms with Crippen molar-refractivity contribution >= 4 is 0 Å². The van der Waals surface area contributed by atoms with Gasteiger partial charge in [0.25, 0.3) is 0 Å². The maximum absolute atomic E-state index is 12.7. The third-order valence-electron chi connectivity index (χ3n) is 4.16. The van der Waals surface area contributed by atoms with Gasteiger partial charge >= 0.3 is 0 Å². The van der Waals surface area contributed by atoms with Crippen molar-refractivity contribution in [3.8, 4) is 0 Å². The monoisotopic (exact) mass is 265 g/mol. The van der Waals surface area contributed by atoms with Crippen molar-refractivity contribution in [3.63, 3.8) is 0 Å². The Morgan fingerprint density at radius 1 is 1.05 bits per heavy atom. The van der Waals surface area contributed by atoms with Crippen molar-refractivity contribution in [2.24, 2.45) is 11.8 Å². The molecule has 0 heterocycles. The summed E-state index contributed by atoms with van der Waals surface area (Å²) in [5.74, 6) is 1.13. The van der Waals surface area contributed by atoms with Crippen molar-refractivity contribution in [2.45, 2.75) is 32.1 Å². The Bertz CT molecular complexity index is 358. The van der Waals surface area contributed by atoms with Crippen LogP contribution in [0.15, 0.2) is 24.3 Å². The van der Waals surface area contributed by atoms with Gasteiger partial charge < -0.3 is 10.4 Å². The van der Waals surface area contributed by atoms with Gasteiger partial charge in [-0.15, -0.1) is 0 Å². The van der Waals surface area contributed by atoms with E-state index in [1.807, 2.05) is 12.1 Å². The fourth-order valence-corrected chi connectivity index (χ4v) is 2.81.